The molecule has 1 N–H and O–H groups in total. The van der Waals surface area contributed by atoms with E-state index in [4.69, 9.17) is 0 Å². The molecule has 0 unspecified atom stereocenters. The van der Waals surface area contributed by atoms with Crippen LogP contribution in [-0.4, -0.2) is 29.1 Å². The van der Waals surface area contributed by atoms with Gasteiger partial charge in [-0.25, -0.2) is 13.4 Å². The third-order valence-electron chi connectivity index (χ3n) is 1.37. The van der Waals surface area contributed by atoms with Crippen LogP contribution in [0.15, 0.2) is 24.0 Å². The zero-order valence-electron chi connectivity index (χ0n) is 7.00. The lowest BCUT2D eigenvalue weighted by molar-refractivity contribution is -0.389. The van der Waals surface area contributed by atoms with Gasteiger partial charge in [0, 0.05) is 0 Å². The quantitative estimate of drug-likeness (QED) is 0.443. The highest BCUT2D eigenvalue weighted by Gasteiger charge is 2.22. The SMILES string of the molecule is C=CCS(=O)(=O)c1ncc([N+](=O)[O-])[nH]1. The molecule has 1 rings (SSSR count). The van der Waals surface area contributed by atoms with E-state index in [0.29, 0.717) is 0 Å². The summed E-state index contributed by atoms with van der Waals surface area (Å²) in [6, 6.07) is 0. The van der Waals surface area contributed by atoms with Crippen molar-refractivity contribution in [2.45, 2.75) is 5.16 Å². The molecule has 0 aromatic carbocycles. The molecule has 0 bridgehead atoms. The third-order valence-corrected chi connectivity index (χ3v) is 2.84. The zero-order chi connectivity index (χ0) is 10.8. The molecule has 1 heterocycles. The van der Waals surface area contributed by atoms with Gasteiger partial charge in [0.25, 0.3) is 0 Å². The summed E-state index contributed by atoms with van der Waals surface area (Å²) in [5.41, 5.74) is 0. The Morgan fingerprint density at radius 3 is 2.79 bits per heavy atom. The minimum absolute atomic E-state index is 0.308. The fourth-order valence-corrected chi connectivity index (χ4v) is 1.72. The second kappa shape index (κ2) is 3.58. The highest BCUT2D eigenvalue weighted by molar-refractivity contribution is 7.91. The minimum Gasteiger partial charge on any atom is -0.358 e. The van der Waals surface area contributed by atoms with Gasteiger partial charge in [0.05, 0.1) is 5.75 Å². The second-order valence-corrected chi connectivity index (χ2v) is 4.35. The van der Waals surface area contributed by atoms with Gasteiger partial charge in [-0.05, 0) is 4.92 Å². The third kappa shape index (κ3) is 1.96. The second-order valence-electron chi connectivity index (χ2n) is 2.40. The largest absolute Gasteiger partial charge is 0.358 e. The van der Waals surface area contributed by atoms with Crippen molar-refractivity contribution < 1.29 is 13.3 Å². The molecule has 0 amide bonds. The first-order chi connectivity index (χ1) is 6.47. The maximum absolute atomic E-state index is 11.3. The molecule has 0 atom stereocenters. The summed E-state index contributed by atoms with van der Waals surface area (Å²) < 4.78 is 22.6. The lowest BCUT2D eigenvalue weighted by Crippen LogP contribution is -2.06. The smallest absolute Gasteiger partial charge is 0.341 e. The highest BCUT2D eigenvalue weighted by atomic mass is 32.2. The van der Waals surface area contributed by atoms with Crippen LogP contribution in [0.5, 0.6) is 0 Å². The number of nitrogens with zero attached hydrogens (tertiary/aromatic N) is 2. The van der Waals surface area contributed by atoms with E-state index in [1.165, 1.54) is 6.08 Å². The monoisotopic (exact) mass is 217 g/mol. The Kier molecular flexibility index (Phi) is 2.65. The van der Waals surface area contributed by atoms with Crippen LogP contribution in [0.25, 0.3) is 0 Å². The average molecular weight is 217 g/mol. The van der Waals surface area contributed by atoms with Crippen molar-refractivity contribution in [3.05, 3.63) is 29.0 Å². The molecule has 0 aliphatic rings. The standard InChI is InChI=1S/C6H7N3O4S/c1-2-3-14(12,13)6-7-4-5(8-6)9(10)11/h2,4H,1,3H2,(H,7,8). The fraction of sp³-hybridized carbons (Fsp3) is 0.167. The number of H-pyrrole nitrogens is 1. The van der Waals surface area contributed by atoms with E-state index >= 15 is 0 Å². The van der Waals surface area contributed by atoms with E-state index in [9.17, 15) is 18.5 Å². The van der Waals surface area contributed by atoms with Gasteiger partial charge in [0.2, 0.25) is 9.84 Å². The molecule has 7 nitrogen and oxygen atoms in total. The number of aromatic nitrogens is 2. The van der Waals surface area contributed by atoms with Crippen molar-refractivity contribution in [3.8, 4) is 0 Å². The molecule has 0 radical (unpaired) electrons. The Morgan fingerprint density at radius 2 is 2.36 bits per heavy atom. The molecule has 0 aliphatic carbocycles. The summed E-state index contributed by atoms with van der Waals surface area (Å²) in [6.45, 7) is 3.26. The normalized spacial score (nSPS) is 11.1. The van der Waals surface area contributed by atoms with Crippen molar-refractivity contribution in [1.82, 2.24) is 9.97 Å². The Morgan fingerprint density at radius 1 is 1.71 bits per heavy atom. The van der Waals surface area contributed by atoms with Crippen LogP contribution in [0, 0.1) is 10.1 Å². The first kappa shape index (κ1) is 10.4. The summed E-state index contributed by atoms with van der Waals surface area (Å²) in [7, 11) is -3.61. The number of hydrogen-bond donors (Lipinski definition) is 1. The highest BCUT2D eigenvalue weighted by Crippen LogP contribution is 2.11. The van der Waals surface area contributed by atoms with E-state index in [2.05, 4.69) is 16.5 Å². The molecule has 0 spiro atoms. The van der Waals surface area contributed by atoms with Crippen LogP contribution < -0.4 is 0 Å². The van der Waals surface area contributed by atoms with Gasteiger partial charge in [-0.3, -0.25) is 0 Å². The fourth-order valence-electron chi connectivity index (χ4n) is 0.779. The van der Waals surface area contributed by atoms with Gasteiger partial charge in [-0.1, -0.05) is 6.08 Å². The number of aromatic amines is 1. The lowest BCUT2D eigenvalue weighted by atomic mass is 10.8. The maximum atomic E-state index is 11.3. The van der Waals surface area contributed by atoms with E-state index in [0.717, 1.165) is 6.20 Å². The molecule has 1 aromatic heterocycles. The van der Waals surface area contributed by atoms with Crippen LogP contribution in [0.1, 0.15) is 0 Å². The van der Waals surface area contributed by atoms with Gasteiger partial charge >= 0.3 is 11.0 Å². The average Bonchev–Trinajstić information content (AvgIpc) is 2.51. The van der Waals surface area contributed by atoms with Crippen molar-refractivity contribution in [2.24, 2.45) is 0 Å². The van der Waals surface area contributed by atoms with Crippen LogP contribution in [0.2, 0.25) is 0 Å². The molecular formula is C6H7N3O4S. The molecule has 14 heavy (non-hydrogen) atoms. The summed E-state index contributed by atoms with van der Waals surface area (Å²) in [4.78, 5) is 15.0. The Bertz CT molecular complexity index is 461. The number of hydrogen-bond acceptors (Lipinski definition) is 5. The molecule has 0 saturated heterocycles. The molecule has 8 heteroatoms. The van der Waals surface area contributed by atoms with Gasteiger partial charge < -0.3 is 10.1 Å². The number of imidazole rings is 1. The number of nitro groups is 1. The van der Waals surface area contributed by atoms with Crippen LogP contribution in [0.4, 0.5) is 5.82 Å². The number of sulfone groups is 1. The van der Waals surface area contributed by atoms with E-state index in [-0.39, 0.29) is 5.75 Å². The van der Waals surface area contributed by atoms with Crippen molar-refractivity contribution in [2.75, 3.05) is 5.75 Å². The van der Waals surface area contributed by atoms with Gasteiger partial charge in [0.15, 0.2) is 0 Å². The molecule has 76 valence electrons. The number of rotatable bonds is 4. The Labute approximate surface area is 79.5 Å². The van der Waals surface area contributed by atoms with E-state index < -0.39 is 25.7 Å². The van der Waals surface area contributed by atoms with Gasteiger partial charge in [0.1, 0.15) is 6.20 Å². The molecule has 0 fully saturated rings. The first-order valence-electron chi connectivity index (χ1n) is 3.50. The predicted molar refractivity (Wildman–Crippen MR) is 47.5 cm³/mol. The summed E-state index contributed by atoms with van der Waals surface area (Å²) >= 11 is 0. The van der Waals surface area contributed by atoms with Crippen LogP contribution in [-0.2, 0) is 9.84 Å². The first-order valence-corrected chi connectivity index (χ1v) is 5.15. The van der Waals surface area contributed by atoms with Gasteiger partial charge in [-0.15, -0.1) is 6.58 Å². The zero-order valence-corrected chi connectivity index (χ0v) is 7.82. The summed E-state index contributed by atoms with van der Waals surface area (Å²) in [5, 5.41) is 9.81. The van der Waals surface area contributed by atoms with Crippen LogP contribution >= 0.6 is 0 Å². The predicted octanol–water partition coefficient (Wildman–Crippen LogP) is 0.278. The van der Waals surface area contributed by atoms with E-state index in [1.807, 2.05) is 0 Å². The summed E-state index contributed by atoms with van der Waals surface area (Å²) in [6.07, 6.45) is 2.04. The topological polar surface area (TPSA) is 106 Å². The minimum atomic E-state index is -3.61. The molecule has 0 aliphatic heterocycles. The Hall–Kier alpha value is -1.70. The van der Waals surface area contributed by atoms with Gasteiger partial charge in [-0.2, -0.15) is 4.98 Å². The van der Waals surface area contributed by atoms with Crippen molar-refractivity contribution in [3.63, 3.8) is 0 Å². The van der Waals surface area contributed by atoms with Crippen LogP contribution in [0.3, 0.4) is 0 Å². The molecule has 0 saturated carbocycles. The summed E-state index contributed by atoms with van der Waals surface area (Å²) in [5.74, 6) is -0.759. The van der Waals surface area contributed by atoms with Crippen molar-refractivity contribution >= 4 is 15.7 Å². The van der Waals surface area contributed by atoms with E-state index in [1.54, 1.807) is 0 Å². The lowest BCUT2D eigenvalue weighted by Gasteiger charge is -1.91. The number of nitrogens with one attached hydrogen (secondary N) is 1. The maximum Gasteiger partial charge on any atom is 0.341 e. The van der Waals surface area contributed by atoms with Crippen molar-refractivity contribution in [1.29, 1.82) is 0 Å². The molecule has 1 aromatic rings. The Balaban J connectivity index is 3.09. The molecular weight excluding hydrogens is 210 g/mol.